The molecule has 1 aliphatic heterocycles. The predicted octanol–water partition coefficient (Wildman–Crippen LogP) is 2.42. The summed E-state index contributed by atoms with van der Waals surface area (Å²) in [6.07, 6.45) is 4.31. The molecule has 0 saturated carbocycles. The maximum Gasteiger partial charge on any atom is 0.137 e. The van der Waals surface area contributed by atoms with E-state index in [9.17, 15) is 4.79 Å². The summed E-state index contributed by atoms with van der Waals surface area (Å²) in [5.41, 5.74) is 1.90. The zero-order valence-electron chi connectivity index (χ0n) is 11.0. The molecule has 1 aliphatic rings. The highest BCUT2D eigenvalue weighted by Crippen LogP contribution is 2.25. The molecule has 0 bridgehead atoms. The molecule has 0 amide bonds. The summed E-state index contributed by atoms with van der Waals surface area (Å²) < 4.78 is 1.94. The average Bonchev–Trinajstić information content (AvgIpc) is 2.67. The van der Waals surface area contributed by atoms with Crippen LogP contribution in [0.1, 0.15) is 37.6 Å². The van der Waals surface area contributed by atoms with Gasteiger partial charge in [-0.2, -0.15) is 5.10 Å². The molecule has 1 aromatic heterocycles. The largest absolute Gasteiger partial charge is 0.302 e. The number of rotatable bonds is 4. The number of carbonyl (C=O) groups excluding carboxylic acids is 1. The van der Waals surface area contributed by atoms with Crippen LogP contribution in [0.3, 0.4) is 0 Å². The van der Waals surface area contributed by atoms with Crippen LogP contribution in [-0.2, 0) is 17.9 Å². The Labute approximate surface area is 113 Å². The number of aryl methyl sites for hydroxylation is 2. The molecular weight excluding hydrogens is 250 g/mol. The summed E-state index contributed by atoms with van der Waals surface area (Å²) in [5.74, 6) is 0. The van der Waals surface area contributed by atoms with E-state index >= 15 is 0 Å². The van der Waals surface area contributed by atoms with Crippen molar-refractivity contribution in [1.82, 2.24) is 14.7 Å². The number of halogens is 1. The summed E-state index contributed by atoms with van der Waals surface area (Å²) in [7, 11) is 0. The fourth-order valence-corrected chi connectivity index (χ4v) is 2.77. The summed E-state index contributed by atoms with van der Waals surface area (Å²) in [5, 5.41) is 5.16. The average molecular weight is 270 g/mol. The molecule has 0 aromatic carbocycles. The Morgan fingerprint density at radius 2 is 2.28 bits per heavy atom. The zero-order chi connectivity index (χ0) is 13.1. The first-order chi connectivity index (χ1) is 8.67. The third-order valence-corrected chi connectivity index (χ3v) is 4.12. The van der Waals surface area contributed by atoms with E-state index < -0.39 is 0 Å². The number of hydrogen-bond donors (Lipinski definition) is 0. The van der Waals surface area contributed by atoms with E-state index in [4.69, 9.17) is 11.6 Å². The SMILES string of the molecule is CCn1nc(C)c(Cl)c1CN1CCCCC1C=O. The van der Waals surface area contributed by atoms with Crippen LogP contribution in [0.15, 0.2) is 0 Å². The first-order valence-electron chi connectivity index (χ1n) is 6.58. The van der Waals surface area contributed by atoms with Gasteiger partial charge in [0.05, 0.1) is 22.5 Å². The summed E-state index contributed by atoms with van der Waals surface area (Å²) in [4.78, 5) is 13.3. The number of aldehydes is 1. The van der Waals surface area contributed by atoms with Gasteiger partial charge < -0.3 is 4.79 Å². The molecule has 1 atom stereocenters. The van der Waals surface area contributed by atoms with Gasteiger partial charge in [-0.15, -0.1) is 0 Å². The lowest BCUT2D eigenvalue weighted by Crippen LogP contribution is -2.40. The van der Waals surface area contributed by atoms with Gasteiger partial charge in [0, 0.05) is 13.1 Å². The van der Waals surface area contributed by atoms with Crippen LogP contribution >= 0.6 is 11.6 Å². The Balaban J connectivity index is 2.19. The van der Waals surface area contributed by atoms with Crippen molar-refractivity contribution in [2.75, 3.05) is 6.54 Å². The second kappa shape index (κ2) is 5.85. The van der Waals surface area contributed by atoms with Crippen LogP contribution in [0.5, 0.6) is 0 Å². The highest BCUT2D eigenvalue weighted by atomic mass is 35.5. The molecule has 0 N–H and O–H groups in total. The van der Waals surface area contributed by atoms with E-state index in [0.29, 0.717) is 0 Å². The lowest BCUT2D eigenvalue weighted by molar-refractivity contribution is -0.113. The lowest BCUT2D eigenvalue weighted by Gasteiger charge is -2.32. The Hall–Kier alpha value is -0.870. The molecule has 4 nitrogen and oxygen atoms in total. The van der Waals surface area contributed by atoms with Crippen molar-refractivity contribution >= 4 is 17.9 Å². The zero-order valence-corrected chi connectivity index (χ0v) is 11.8. The summed E-state index contributed by atoms with van der Waals surface area (Å²) in [6.45, 7) is 6.47. The number of nitrogens with zero attached hydrogens (tertiary/aromatic N) is 3. The molecule has 0 spiro atoms. The van der Waals surface area contributed by atoms with Gasteiger partial charge in [0.2, 0.25) is 0 Å². The van der Waals surface area contributed by atoms with Gasteiger partial charge in [0.25, 0.3) is 0 Å². The van der Waals surface area contributed by atoms with Gasteiger partial charge in [-0.25, -0.2) is 0 Å². The van der Waals surface area contributed by atoms with Crippen LogP contribution in [0.2, 0.25) is 5.02 Å². The van der Waals surface area contributed by atoms with E-state index in [1.165, 1.54) is 0 Å². The first kappa shape index (κ1) is 13.6. The molecule has 0 aliphatic carbocycles. The van der Waals surface area contributed by atoms with E-state index in [0.717, 1.165) is 61.6 Å². The molecule has 5 heteroatoms. The highest BCUT2D eigenvalue weighted by molar-refractivity contribution is 6.31. The number of aromatic nitrogens is 2. The van der Waals surface area contributed by atoms with Crippen LogP contribution in [0, 0.1) is 6.92 Å². The van der Waals surface area contributed by atoms with Crippen LogP contribution in [0.25, 0.3) is 0 Å². The molecule has 1 fully saturated rings. The van der Waals surface area contributed by atoms with Crippen molar-refractivity contribution in [3.8, 4) is 0 Å². The van der Waals surface area contributed by atoms with Gasteiger partial charge in [-0.3, -0.25) is 9.58 Å². The number of hydrogen-bond acceptors (Lipinski definition) is 3. The van der Waals surface area contributed by atoms with Crippen molar-refractivity contribution in [2.24, 2.45) is 0 Å². The minimum Gasteiger partial charge on any atom is -0.302 e. The lowest BCUT2D eigenvalue weighted by atomic mass is 10.0. The molecule has 100 valence electrons. The second-order valence-corrected chi connectivity index (χ2v) is 5.21. The van der Waals surface area contributed by atoms with Crippen LogP contribution in [0.4, 0.5) is 0 Å². The van der Waals surface area contributed by atoms with Gasteiger partial charge in [-0.05, 0) is 33.2 Å². The van der Waals surface area contributed by atoms with Crippen molar-refractivity contribution < 1.29 is 4.79 Å². The molecule has 18 heavy (non-hydrogen) atoms. The minimum absolute atomic E-state index is 0.0373. The Bertz CT molecular complexity index is 430. The fourth-order valence-electron chi connectivity index (χ4n) is 2.58. The maximum atomic E-state index is 11.1. The molecule has 1 unspecified atom stereocenters. The van der Waals surface area contributed by atoms with Gasteiger partial charge >= 0.3 is 0 Å². The molecule has 1 saturated heterocycles. The molecule has 1 aromatic rings. The van der Waals surface area contributed by atoms with E-state index in [1.54, 1.807) is 0 Å². The minimum atomic E-state index is 0.0373. The Morgan fingerprint density at radius 1 is 1.50 bits per heavy atom. The van der Waals surface area contributed by atoms with Crippen molar-refractivity contribution in [2.45, 2.75) is 52.2 Å². The predicted molar refractivity (Wildman–Crippen MR) is 71.8 cm³/mol. The molecule has 2 heterocycles. The Kier molecular flexibility index (Phi) is 4.40. The van der Waals surface area contributed by atoms with E-state index in [1.807, 2.05) is 11.6 Å². The maximum absolute atomic E-state index is 11.1. The van der Waals surface area contributed by atoms with Crippen molar-refractivity contribution in [1.29, 1.82) is 0 Å². The van der Waals surface area contributed by atoms with Gasteiger partial charge in [-0.1, -0.05) is 18.0 Å². The van der Waals surface area contributed by atoms with Crippen molar-refractivity contribution in [3.05, 3.63) is 16.4 Å². The van der Waals surface area contributed by atoms with E-state index in [2.05, 4.69) is 16.9 Å². The number of carbonyl (C=O) groups is 1. The molecule has 0 radical (unpaired) electrons. The summed E-state index contributed by atoms with van der Waals surface area (Å²) >= 11 is 6.30. The highest BCUT2D eigenvalue weighted by Gasteiger charge is 2.24. The standard InChI is InChI=1S/C13H20ClN3O/c1-3-17-12(13(14)10(2)15-17)8-16-7-5-4-6-11(16)9-18/h9,11H,3-8H2,1-2H3. The number of likely N-dealkylation sites (tertiary alicyclic amines) is 1. The normalized spacial score (nSPS) is 21.2. The Morgan fingerprint density at radius 3 is 2.94 bits per heavy atom. The van der Waals surface area contributed by atoms with Crippen LogP contribution in [-0.4, -0.2) is 33.6 Å². The monoisotopic (exact) mass is 269 g/mol. The second-order valence-electron chi connectivity index (χ2n) is 4.83. The number of piperidine rings is 1. The van der Waals surface area contributed by atoms with Crippen molar-refractivity contribution in [3.63, 3.8) is 0 Å². The van der Waals surface area contributed by atoms with E-state index in [-0.39, 0.29) is 6.04 Å². The fraction of sp³-hybridized carbons (Fsp3) is 0.692. The molecular formula is C13H20ClN3O. The smallest absolute Gasteiger partial charge is 0.137 e. The third kappa shape index (κ3) is 2.59. The molecule has 2 rings (SSSR count). The summed E-state index contributed by atoms with van der Waals surface area (Å²) in [6, 6.07) is 0.0373. The quantitative estimate of drug-likeness (QED) is 0.788. The van der Waals surface area contributed by atoms with Crippen LogP contribution < -0.4 is 0 Å². The van der Waals surface area contributed by atoms with Gasteiger partial charge in [0.15, 0.2) is 0 Å². The third-order valence-electron chi connectivity index (χ3n) is 3.63. The first-order valence-corrected chi connectivity index (χ1v) is 6.96. The van der Waals surface area contributed by atoms with Gasteiger partial charge in [0.1, 0.15) is 6.29 Å². The topological polar surface area (TPSA) is 38.1 Å².